The second-order valence-electron chi connectivity index (χ2n) is 3.54. The van der Waals surface area contributed by atoms with Crippen molar-refractivity contribution in [2.24, 2.45) is 4.99 Å². The molecule has 2 N–H and O–H groups in total. The minimum absolute atomic E-state index is 0.0223. The van der Waals surface area contributed by atoms with Crippen molar-refractivity contribution in [1.82, 2.24) is 10.6 Å². The van der Waals surface area contributed by atoms with Crippen LogP contribution in [-0.4, -0.2) is 49.7 Å². The lowest BCUT2D eigenvalue weighted by Crippen LogP contribution is -2.45. The number of hydrogen-bond acceptors (Lipinski definition) is 5. The smallest absolute Gasteiger partial charge is 0.242 e. The Hall–Kier alpha value is -0.750. The van der Waals surface area contributed by atoms with Gasteiger partial charge in [-0.3, -0.25) is 9.79 Å². The van der Waals surface area contributed by atoms with Gasteiger partial charge in [0.1, 0.15) is 6.04 Å². The molecule has 0 radical (unpaired) electrons. The summed E-state index contributed by atoms with van der Waals surface area (Å²) in [6.45, 7) is 3.77. The molecule has 6 heteroatoms. The molecule has 1 amide bonds. The zero-order chi connectivity index (χ0) is 11.8. The van der Waals surface area contributed by atoms with Gasteiger partial charge in [0.2, 0.25) is 5.91 Å². The fourth-order valence-corrected chi connectivity index (χ4v) is 2.14. The number of nitrogens with one attached hydrogen (secondary N) is 2. The summed E-state index contributed by atoms with van der Waals surface area (Å²) in [5, 5.41) is 6.76. The van der Waals surface area contributed by atoms with Crippen molar-refractivity contribution < 1.29 is 9.53 Å². The van der Waals surface area contributed by atoms with Gasteiger partial charge in [0.25, 0.3) is 0 Å². The van der Waals surface area contributed by atoms with Crippen molar-refractivity contribution in [2.45, 2.75) is 19.4 Å². The molecule has 0 aliphatic carbocycles. The maximum atomic E-state index is 11.6. The van der Waals surface area contributed by atoms with Crippen LogP contribution in [0.2, 0.25) is 0 Å². The largest absolute Gasteiger partial charge is 0.383 e. The molecular weight excluding hydrogens is 226 g/mol. The quantitative estimate of drug-likeness (QED) is 0.680. The minimum Gasteiger partial charge on any atom is -0.383 e. The van der Waals surface area contributed by atoms with E-state index >= 15 is 0 Å². The number of methoxy groups -OCH3 is 1. The first-order valence-electron chi connectivity index (χ1n) is 5.44. The van der Waals surface area contributed by atoms with E-state index in [-0.39, 0.29) is 11.9 Å². The highest BCUT2D eigenvalue weighted by molar-refractivity contribution is 8.13. The van der Waals surface area contributed by atoms with Crippen molar-refractivity contribution in [2.75, 3.05) is 32.6 Å². The van der Waals surface area contributed by atoms with Gasteiger partial charge in [-0.15, -0.1) is 0 Å². The Morgan fingerprint density at radius 1 is 1.69 bits per heavy atom. The van der Waals surface area contributed by atoms with Gasteiger partial charge < -0.3 is 15.4 Å². The molecule has 1 unspecified atom stereocenters. The highest BCUT2D eigenvalue weighted by Gasteiger charge is 2.15. The molecule has 0 saturated heterocycles. The fraction of sp³-hybridized carbons (Fsp3) is 0.800. The number of amides is 1. The van der Waals surface area contributed by atoms with Crippen molar-refractivity contribution in [3.63, 3.8) is 0 Å². The van der Waals surface area contributed by atoms with Crippen LogP contribution in [0.25, 0.3) is 0 Å². The monoisotopic (exact) mass is 245 g/mol. The van der Waals surface area contributed by atoms with E-state index in [0.717, 1.165) is 23.9 Å². The maximum Gasteiger partial charge on any atom is 0.242 e. The van der Waals surface area contributed by atoms with Crippen molar-refractivity contribution in [3.8, 4) is 0 Å². The number of carbonyl (C=O) groups excluding carboxylic acids is 1. The summed E-state index contributed by atoms with van der Waals surface area (Å²) >= 11 is 1.67. The van der Waals surface area contributed by atoms with Gasteiger partial charge in [-0.05, 0) is 13.3 Å². The molecule has 1 aliphatic rings. The van der Waals surface area contributed by atoms with E-state index in [2.05, 4.69) is 15.6 Å². The van der Waals surface area contributed by atoms with Crippen LogP contribution in [-0.2, 0) is 9.53 Å². The Balaban J connectivity index is 2.24. The number of rotatable bonds is 5. The van der Waals surface area contributed by atoms with E-state index in [1.165, 1.54) is 0 Å². The fourth-order valence-electron chi connectivity index (χ4n) is 1.23. The molecule has 0 spiro atoms. The van der Waals surface area contributed by atoms with E-state index in [0.29, 0.717) is 13.2 Å². The molecule has 0 aromatic rings. The first-order chi connectivity index (χ1) is 7.74. The first-order valence-corrected chi connectivity index (χ1v) is 6.43. The van der Waals surface area contributed by atoms with Crippen LogP contribution in [0.15, 0.2) is 4.99 Å². The SMILES string of the molecule is COCCNC(=O)C(C)NC1=NCCCS1. The summed E-state index contributed by atoms with van der Waals surface area (Å²) < 4.78 is 4.86. The van der Waals surface area contributed by atoms with Gasteiger partial charge in [0, 0.05) is 26.0 Å². The van der Waals surface area contributed by atoms with Crippen LogP contribution in [0.4, 0.5) is 0 Å². The summed E-state index contributed by atoms with van der Waals surface area (Å²) in [6, 6.07) is -0.249. The van der Waals surface area contributed by atoms with Gasteiger partial charge in [-0.2, -0.15) is 0 Å². The van der Waals surface area contributed by atoms with Gasteiger partial charge in [0.15, 0.2) is 5.17 Å². The molecule has 0 aromatic carbocycles. The second-order valence-corrected chi connectivity index (χ2v) is 4.62. The zero-order valence-electron chi connectivity index (χ0n) is 9.78. The summed E-state index contributed by atoms with van der Waals surface area (Å²) in [6.07, 6.45) is 1.12. The Kier molecular flexibility index (Phi) is 6.25. The Morgan fingerprint density at radius 2 is 2.50 bits per heavy atom. The highest BCUT2D eigenvalue weighted by Crippen LogP contribution is 2.10. The molecule has 0 fully saturated rings. The third-order valence-electron chi connectivity index (χ3n) is 2.14. The average molecular weight is 245 g/mol. The number of ether oxygens (including phenoxy) is 1. The predicted octanol–water partition coefficient (Wildman–Crippen LogP) is 0.220. The third kappa shape index (κ3) is 4.85. The molecule has 1 aliphatic heterocycles. The first kappa shape index (κ1) is 13.3. The Morgan fingerprint density at radius 3 is 3.12 bits per heavy atom. The summed E-state index contributed by atoms with van der Waals surface area (Å²) in [5.74, 6) is 1.05. The van der Waals surface area contributed by atoms with Crippen molar-refractivity contribution in [1.29, 1.82) is 0 Å². The van der Waals surface area contributed by atoms with Gasteiger partial charge in [-0.25, -0.2) is 0 Å². The summed E-state index contributed by atoms with van der Waals surface area (Å²) in [5.41, 5.74) is 0. The van der Waals surface area contributed by atoms with Gasteiger partial charge in [0.05, 0.1) is 6.61 Å². The third-order valence-corrected chi connectivity index (χ3v) is 3.15. The summed E-state index contributed by atoms with van der Waals surface area (Å²) in [4.78, 5) is 15.9. The second kappa shape index (κ2) is 7.51. The normalized spacial score (nSPS) is 17.5. The Labute approximate surface area is 100 Å². The topological polar surface area (TPSA) is 62.7 Å². The molecule has 1 heterocycles. The van der Waals surface area contributed by atoms with E-state index in [9.17, 15) is 4.79 Å². The number of hydrogen-bond donors (Lipinski definition) is 2. The number of aliphatic imine (C=N–C) groups is 1. The van der Waals surface area contributed by atoms with Crippen LogP contribution in [0, 0.1) is 0 Å². The summed E-state index contributed by atoms with van der Waals surface area (Å²) in [7, 11) is 1.61. The molecule has 0 saturated carbocycles. The average Bonchev–Trinajstić information content (AvgIpc) is 2.30. The molecule has 0 bridgehead atoms. The maximum absolute atomic E-state index is 11.6. The molecule has 1 rings (SSSR count). The molecule has 16 heavy (non-hydrogen) atoms. The molecule has 0 aromatic heterocycles. The molecule has 1 atom stereocenters. The number of carbonyl (C=O) groups is 1. The zero-order valence-corrected chi connectivity index (χ0v) is 10.6. The van der Waals surface area contributed by atoms with Crippen LogP contribution in [0.1, 0.15) is 13.3 Å². The lowest BCUT2D eigenvalue weighted by Gasteiger charge is -2.18. The highest BCUT2D eigenvalue weighted by atomic mass is 32.2. The lowest BCUT2D eigenvalue weighted by molar-refractivity contribution is -0.122. The van der Waals surface area contributed by atoms with E-state index in [1.807, 2.05) is 6.92 Å². The van der Waals surface area contributed by atoms with Gasteiger partial charge in [-0.1, -0.05) is 11.8 Å². The van der Waals surface area contributed by atoms with E-state index < -0.39 is 0 Å². The standard InChI is InChI=1S/C10H19N3O2S/c1-8(9(14)11-5-6-15-2)13-10-12-4-3-7-16-10/h8H,3-7H2,1-2H3,(H,11,14)(H,12,13). The van der Waals surface area contributed by atoms with Crippen LogP contribution >= 0.6 is 11.8 Å². The number of amidine groups is 1. The molecule has 5 nitrogen and oxygen atoms in total. The van der Waals surface area contributed by atoms with Crippen LogP contribution in [0.3, 0.4) is 0 Å². The van der Waals surface area contributed by atoms with Gasteiger partial charge >= 0.3 is 0 Å². The lowest BCUT2D eigenvalue weighted by atomic mass is 10.3. The molecule has 92 valence electrons. The van der Waals surface area contributed by atoms with Crippen molar-refractivity contribution in [3.05, 3.63) is 0 Å². The van der Waals surface area contributed by atoms with Crippen LogP contribution in [0.5, 0.6) is 0 Å². The van der Waals surface area contributed by atoms with E-state index in [4.69, 9.17) is 4.74 Å². The molecular formula is C10H19N3O2S. The van der Waals surface area contributed by atoms with Crippen LogP contribution < -0.4 is 10.6 Å². The number of nitrogens with zero attached hydrogens (tertiary/aromatic N) is 1. The predicted molar refractivity (Wildman–Crippen MR) is 66.9 cm³/mol. The minimum atomic E-state index is -0.249. The van der Waals surface area contributed by atoms with Crippen molar-refractivity contribution >= 4 is 22.8 Å². The van der Waals surface area contributed by atoms with E-state index in [1.54, 1.807) is 18.9 Å². The number of thioether (sulfide) groups is 1. The Bertz CT molecular complexity index is 258.